The van der Waals surface area contributed by atoms with Crippen molar-refractivity contribution < 1.29 is 45.5 Å². The summed E-state index contributed by atoms with van der Waals surface area (Å²) in [7, 11) is -3.00. The van der Waals surface area contributed by atoms with E-state index in [0.29, 0.717) is 34.0 Å². The van der Waals surface area contributed by atoms with Gasteiger partial charge in [0.1, 0.15) is 11.5 Å². The highest BCUT2D eigenvalue weighted by Gasteiger charge is 2.28. The smallest absolute Gasteiger partial charge is 0.238 e. The number of ether oxygens (including phenoxy) is 2. The first-order chi connectivity index (χ1) is 30.7. The van der Waals surface area contributed by atoms with E-state index in [-0.39, 0.29) is 82.5 Å². The van der Waals surface area contributed by atoms with Crippen molar-refractivity contribution in [3.63, 3.8) is 0 Å². The summed E-state index contributed by atoms with van der Waals surface area (Å²) in [6.07, 6.45) is 11.7. The van der Waals surface area contributed by atoms with Crippen LogP contribution in [-0.4, -0.2) is 66.9 Å². The van der Waals surface area contributed by atoms with Gasteiger partial charge in [-0.3, -0.25) is 29.0 Å². The van der Waals surface area contributed by atoms with E-state index in [2.05, 4.69) is 32.6 Å². The van der Waals surface area contributed by atoms with Gasteiger partial charge in [0.15, 0.2) is 31.2 Å². The van der Waals surface area contributed by atoms with Crippen molar-refractivity contribution >= 4 is 90.6 Å². The van der Waals surface area contributed by atoms with Crippen molar-refractivity contribution in [2.75, 3.05) is 36.5 Å². The lowest BCUT2D eigenvalue weighted by Gasteiger charge is -2.28. The Morgan fingerprint density at radius 1 is 0.597 bits per heavy atom. The van der Waals surface area contributed by atoms with Gasteiger partial charge >= 0.3 is 0 Å². The molecule has 67 heavy (non-hydrogen) atoms. The highest BCUT2D eigenvalue weighted by atomic mass is 127. The maximum atomic E-state index is 12.5. The fourth-order valence-electron chi connectivity index (χ4n) is 7.17. The van der Waals surface area contributed by atoms with Crippen LogP contribution in [0.3, 0.4) is 0 Å². The number of hydrogen-bond donors (Lipinski definition) is 0. The van der Waals surface area contributed by atoms with Crippen molar-refractivity contribution in [1.82, 2.24) is 0 Å². The number of methoxy groups -OCH3 is 2. The predicted octanol–water partition coefficient (Wildman–Crippen LogP) is 8.90. The van der Waals surface area contributed by atoms with Crippen molar-refractivity contribution in [3.8, 4) is 23.3 Å². The molecule has 2 aliphatic heterocycles. The first kappa shape index (κ1) is 53.8. The van der Waals surface area contributed by atoms with Crippen LogP contribution in [0.5, 0.6) is 11.5 Å². The van der Waals surface area contributed by atoms with Gasteiger partial charge in [-0.2, -0.15) is 0 Å². The van der Waals surface area contributed by atoms with Crippen molar-refractivity contribution in [1.29, 1.82) is 0 Å². The number of benzene rings is 4. The fourth-order valence-corrected chi connectivity index (χ4v) is 8.77. The first-order valence-corrected chi connectivity index (χ1v) is 25.1. The van der Waals surface area contributed by atoms with Gasteiger partial charge in [0, 0.05) is 52.9 Å². The van der Waals surface area contributed by atoms with Crippen LogP contribution in [0.15, 0.2) is 97.3 Å². The molecule has 0 radical (unpaired) electrons. The molecular weight excluding hydrogens is 1000 g/mol. The number of carbonyl (C=O) groups is 4. The van der Waals surface area contributed by atoms with Crippen LogP contribution in [0.2, 0.25) is 0 Å². The summed E-state index contributed by atoms with van der Waals surface area (Å²) in [5, 5.41) is 0. The summed E-state index contributed by atoms with van der Waals surface area (Å²) in [6.45, 7) is 12.3. The molecule has 15 heteroatoms. The maximum absolute atomic E-state index is 12.5. The number of anilines is 2. The lowest BCUT2D eigenvalue weighted by atomic mass is 9.84. The Bertz CT molecular complexity index is 2930. The average molecular weight is 1060 g/mol. The molecule has 0 unspecified atom stereocenters. The van der Waals surface area contributed by atoms with Gasteiger partial charge in [-0.15, -0.1) is 24.0 Å². The molecule has 4 aromatic rings. The molecule has 0 saturated heterocycles. The van der Waals surface area contributed by atoms with Gasteiger partial charge < -0.3 is 9.47 Å². The summed E-state index contributed by atoms with van der Waals surface area (Å²) in [4.78, 5) is 51.1. The second-order valence-corrected chi connectivity index (χ2v) is 22.6. The minimum atomic E-state index is -3.11. The SMILES string of the molecule is COc1c(/C=C/c2ccc(CS(C)(=O)=O)cc2)cc(N2C=CC(=O)CC2=O)cc1C(C)(C)C.COc1c(C#Cc2ccc(CS(C)(=O)=O)cc2)cc(N2C=CC(=O)CC2=O)cc1C(C)(C)C.I. The minimum absolute atomic E-state index is 0. The normalized spacial score (nSPS) is 14.3. The number of amides is 2. The Balaban J connectivity index is 0.000000288. The number of ketones is 2. The van der Waals surface area contributed by atoms with E-state index in [1.807, 2.05) is 63.3 Å². The van der Waals surface area contributed by atoms with Crippen LogP contribution in [0.1, 0.15) is 98.9 Å². The lowest BCUT2D eigenvalue weighted by molar-refractivity contribution is -0.126. The number of hydrogen-bond acceptors (Lipinski definition) is 10. The summed E-state index contributed by atoms with van der Waals surface area (Å²) in [6, 6.07) is 21.8. The number of nitrogens with zero attached hydrogens (tertiary/aromatic N) is 2. The van der Waals surface area contributed by atoms with Crippen LogP contribution < -0.4 is 19.3 Å². The zero-order valence-electron chi connectivity index (χ0n) is 39.4. The highest BCUT2D eigenvalue weighted by Crippen LogP contribution is 2.40. The summed E-state index contributed by atoms with van der Waals surface area (Å²) < 4.78 is 57.5. The molecule has 0 saturated carbocycles. The second kappa shape index (κ2) is 21.9. The zero-order chi connectivity index (χ0) is 48.8. The number of halogens is 1. The summed E-state index contributed by atoms with van der Waals surface area (Å²) in [5.41, 5.74) is 7.00. The van der Waals surface area contributed by atoms with Crippen molar-refractivity contribution in [2.45, 2.75) is 76.7 Å². The van der Waals surface area contributed by atoms with E-state index in [9.17, 15) is 36.0 Å². The number of allylic oxidation sites excluding steroid dienone is 2. The standard InChI is InChI=1S/C26H29NO5S.C26H27NO5S.HI/c2*1-26(2,3)23-15-21(27-13-12-22(28)16-24(27)29)14-20(25(23)32-4)11-10-18-6-8-19(9-7-18)17-33(5,30)31;/h6-15H,16-17H2,1-5H3;6-9,12-15H,16-17H2,1-5H3;1H/b11-10+;;. The first-order valence-electron chi connectivity index (χ1n) is 21.0. The van der Waals surface area contributed by atoms with Gasteiger partial charge in [-0.25, -0.2) is 16.8 Å². The Morgan fingerprint density at radius 3 is 1.45 bits per heavy atom. The molecule has 12 nitrogen and oxygen atoms in total. The summed E-state index contributed by atoms with van der Waals surface area (Å²) in [5.74, 6) is 6.55. The van der Waals surface area contributed by atoms with E-state index in [1.165, 1.54) is 46.9 Å². The van der Waals surface area contributed by atoms with E-state index >= 15 is 0 Å². The topological polar surface area (TPSA) is 162 Å². The molecular formula is C52H57IN2O10S2. The van der Waals surface area contributed by atoms with Gasteiger partial charge in [-0.1, -0.05) is 102 Å². The van der Waals surface area contributed by atoms with Crippen LogP contribution >= 0.6 is 24.0 Å². The second-order valence-electron chi connectivity index (χ2n) is 18.3. The monoisotopic (exact) mass is 1060 g/mol. The average Bonchev–Trinajstić information content (AvgIpc) is 3.21. The van der Waals surface area contributed by atoms with Gasteiger partial charge in [0.25, 0.3) is 0 Å². The van der Waals surface area contributed by atoms with E-state index < -0.39 is 19.7 Å². The van der Waals surface area contributed by atoms with E-state index in [0.717, 1.165) is 33.4 Å². The van der Waals surface area contributed by atoms with Crippen LogP contribution in [-0.2, 0) is 61.2 Å². The zero-order valence-corrected chi connectivity index (χ0v) is 43.4. The molecule has 0 atom stereocenters. The third-order valence-corrected chi connectivity index (χ3v) is 12.1. The maximum Gasteiger partial charge on any atom is 0.238 e. The molecule has 2 aliphatic rings. The molecule has 0 N–H and O–H groups in total. The van der Waals surface area contributed by atoms with Crippen LogP contribution in [0.4, 0.5) is 11.4 Å². The van der Waals surface area contributed by atoms with Crippen LogP contribution in [0, 0.1) is 11.8 Å². The van der Waals surface area contributed by atoms with Gasteiger partial charge in [0.05, 0.1) is 49.8 Å². The largest absolute Gasteiger partial charge is 0.496 e. The molecule has 2 amide bonds. The molecule has 0 bridgehead atoms. The third-order valence-electron chi connectivity index (χ3n) is 10.4. The molecule has 0 aliphatic carbocycles. The Labute approximate surface area is 412 Å². The molecule has 354 valence electrons. The number of rotatable bonds is 10. The third kappa shape index (κ3) is 15.1. The number of carbonyl (C=O) groups excluding carboxylic acids is 4. The highest BCUT2D eigenvalue weighted by molar-refractivity contribution is 14.0. The molecule has 0 spiro atoms. The fraction of sp³-hybridized carbons (Fsp3) is 0.308. The minimum Gasteiger partial charge on any atom is -0.496 e. The Morgan fingerprint density at radius 2 is 1.03 bits per heavy atom. The van der Waals surface area contributed by atoms with E-state index in [4.69, 9.17) is 9.47 Å². The Hall–Kier alpha value is -5.83. The quantitative estimate of drug-likeness (QED) is 0.0649. The molecule has 0 fully saturated rings. The molecule has 0 aromatic heterocycles. The Kier molecular flexibility index (Phi) is 17.5. The van der Waals surface area contributed by atoms with Crippen molar-refractivity contribution in [2.24, 2.45) is 0 Å². The van der Waals surface area contributed by atoms with Gasteiger partial charge in [0.2, 0.25) is 11.8 Å². The number of sulfone groups is 2. The molecule has 6 rings (SSSR count). The van der Waals surface area contributed by atoms with Gasteiger partial charge in [-0.05, 0) is 76.1 Å². The molecule has 2 heterocycles. The van der Waals surface area contributed by atoms with E-state index in [1.54, 1.807) is 56.7 Å². The molecule has 4 aromatic carbocycles. The van der Waals surface area contributed by atoms with Crippen molar-refractivity contribution in [3.05, 3.63) is 142 Å². The predicted molar refractivity (Wildman–Crippen MR) is 276 cm³/mol. The van der Waals surface area contributed by atoms with Crippen LogP contribution in [0.25, 0.3) is 12.2 Å². The lowest BCUT2D eigenvalue weighted by Crippen LogP contribution is -2.31. The summed E-state index contributed by atoms with van der Waals surface area (Å²) >= 11 is 0.